The molecule has 1 saturated heterocycles. The number of anilines is 2. The molecule has 2 amide bonds. The Morgan fingerprint density at radius 3 is 2.44 bits per heavy atom. The molecule has 1 aliphatic rings. The zero-order valence-electron chi connectivity index (χ0n) is 15.1. The Labute approximate surface area is 164 Å². The lowest BCUT2D eigenvalue weighted by Crippen LogP contribution is -2.47. The summed E-state index contributed by atoms with van der Waals surface area (Å²) in [5, 5.41) is 6.12. The van der Waals surface area contributed by atoms with E-state index in [1.165, 1.54) is 12.1 Å². The van der Waals surface area contributed by atoms with E-state index in [4.69, 9.17) is 11.6 Å². The van der Waals surface area contributed by atoms with Gasteiger partial charge in [-0.3, -0.25) is 4.90 Å². The first-order valence-corrected chi connectivity index (χ1v) is 9.52. The summed E-state index contributed by atoms with van der Waals surface area (Å²) in [7, 11) is 0. The van der Waals surface area contributed by atoms with Crippen LogP contribution in [0.3, 0.4) is 0 Å². The second-order valence-corrected chi connectivity index (χ2v) is 6.93. The molecule has 0 atom stereocenters. The van der Waals surface area contributed by atoms with Crippen LogP contribution in [0.15, 0.2) is 48.5 Å². The monoisotopic (exact) mass is 390 g/mol. The number of nitrogens with zero attached hydrogens (tertiary/aromatic N) is 2. The van der Waals surface area contributed by atoms with E-state index in [9.17, 15) is 9.18 Å². The number of carbonyl (C=O) groups is 1. The lowest BCUT2D eigenvalue weighted by molar-refractivity contribution is 0.244. The van der Waals surface area contributed by atoms with E-state index >= 15 is 0 Å². The third kappa shape index (κ3) is 5.84. The zero-order valence-corrected chi connectivity index (χ0v) is 15.9. The molecule has 1 aliphatic heterocycles. The molecule has 0 aliphatic carbocycles. The normalized spacial score (nSPS) is 14.8. The summed E-state index contributed by atoms with van der Waals surface area (Å²) >= 11 is 6.02. The molecule has 7 heteroatoms. The van der Waals surface area contributed by atoms with Gasteiger partial charge in [0.1, 0.15) is 5.82 Å². The molecule has 0 spiro atoms. The van der Waals surface area contributed by atoms with Crippen molar-refractivity contribution in [1.29, 1.82) is 0 Å². The van der Waals surface area contributed by atoms with Crippen molar-refractivity contribution in [1.82, 2.24) is 10.2 Å². The number of carbonyl (C=O) groups excluding carboxylic acids is 1. The Bertz CT molecular complexity index is 748. The Kier molecular flexibility index (Phi) is 6.90. The highest BCUT2D eigenvalue weighted by Crippen LogP contribution is 2.20. The molecule has 0 saturated carbocycles. The number of hydrogen-bond acceptors (Lipinski definition) is 3. The van der Waals surface area contributed by atoms with Crippen LogP contribution in [0.1, 0.15) is 6.42 Å². The van der Waals surface area contributed by atoms with E-state index in [2.05, 4.69) is 20.4 Å². The van der Waals surface area contributed by atoms with Crippen molar-refractivity contribution in [2.45, 2.75) is 6.42 Å². The summed E-state index contributed by atoms with van der Waals surface area (Å²) in [4.78, 5) is 16.6. The van der Waals surface area contributed by atoms with Gasteiger partial charge in [0.15, 0.2) is 0 Å². The van der Waals surface area contributed by atoms with Crippen molar-refractivity contribution in [2.75, 3.05) is 49.5 Å². The molecular formula is C20H24ClFN4O. The van der Waals surface area contributed by atoms with Gasteiger partial charge in [0.05, 0.1) is 10.7 Å². The number of rotatable bonds is 6. The van der Waals surface area contributed by atoms with Gasteiger partial charge < -0.3 is 15.5 Å². The summed E-state index contributed by atoms with van der Waals surface area (Å²) in [5.74, 6) is -0.205. The smallest absolute Gasteiger partial charge is 0.319 e. The molecule has 1 fully saturated rings. The van der Waals surface area contributed by atoms with E-state index in [0.29, 0.717) is 17.3 Å². The minimum Gasteiger partial charge on any atom is -0.369 e. The lowest BCUT2D eigenvalue weighted by atomic mass is 10.2. The van der Waals surface area contributed by atoms with Crippen molar-refractivity contribution in [3.05, 3.63) is 59.4 Å². The highest BCUT2D eigenvalue weighted by molar-refractivity contribution is 6.33. The van der Waals surface area contributed by atoms with Crippen molar-refractivity contribution in [3.63, 3.8) is 0 Å². The third-order valence-corrected chi connectivity index (χ3v) is 4.95. The molecule has 2 aromatic rings. The van der Waals surface area contributed by atoms with Crippen LogP contribution in [0.4, 0.5) is 20.6 Å². The van der Waals surface area contributed by atoms with Gasteiger partial charge in [-0.25, -0.2) is 9.18 Å². The number of nitrogens with one attached hydrogen (secondary N) is 2. The van der Waals surface area contributed by atoms with Crippen LogP contribution >= 0.6 is 11.6 Å². The van der Waals surface area contributed by atoms with Crippen LogP contribution in [0.25, 0.3) is 0 Å². The van der Waals surface area contributed by atoms with Crippen LogP contribution in [-0.4, -0.2) is 50.2 Å². The molecule has 0 aromatic heterocycles. The molecule has 3 rings (SSSR count). The van der Waals surface area contributed by atoms with Gasteiger partial charge in [-0.15, -0.1) is 0 Å². The molecule has 0 unspecified atom stereocenters. The van der Waals surface area contributed by atoms with Crippen molar-refractivity contribution < 1.29 is 9.18 Å². The number of benzene rings is 2. The van der Waals surface area contributed by atoms with E-state index in [1.54, 1.807) is 12.1 Å². The van der Waals surface area contributed by atoms with Crippen LogP contribution in [0, 0.1) is 5.82 Å². The molecule has 0 bridgehead atoms. The molecular weight excluding hydrogens is 367 g/mol. The Hall–Kier alpha value is -2.31. The molecule has 27 heavy (non-hydrogen) atoms. The van der Waals surface area contributed by atoms with Gasteiger partial charge >= 0.3 is 6.03 Å². The third-order valence-electron chi connectivity index (χ3n) is 4.62. The predicted molar refractivity (Wildman–Crippen MR) is 108 cm³/mol. The second-order valence-electron chi connectivity index (χ2n) is 6.52. The van der Waals surface area contributed by atoms with E-state index in [-0.39, 0.29) is 11.8 Å². The molecule has 5 nitrogen and oxygen atoms in total. The first-order valence-electron chi connectivity index (χ1n) is 9.14. The van der Waals surface area contributed by atoms with Gasteiger partial charge in [0.25, 0.3) is 0 Å². The minimum absolute atomic E-state index is 0.205. The average molecular weight is 391 g/mol. The van der Waals surface area contributed by atoms with Crippen molar-refractivity contribution >= 4 is 29.0 Å². The average Bonchev–Trinajstić information content (AvgIpc) is 2.68. The number of hydrogen-bond donors (Lipinski definition) is 2. The zero-order chi connectivity index (χ0) is 19.1. The van der Waals surface area contributed by atoms with Gasteiger partial charge in [0, 0.05) is 38.4 Å². The maximum absolute atomic E-state index is 13.0. The lowest BCUT2D eigenvalue weighted by Gasteiger charge is -2.36. The second kappa shape index (κ2) is 9.58. The summed E-state index contributed by atoms with van der Waals surface area (Å²) < 4.78 is 13.0. The first kappa shape index (κ1) is 19.5. The van der Waals surface area contributed by atoms with E-state index in [0.717, 1.165) is 44.8 Å². The Morgan fingerprint density at radius 1 is 1.04 bits per heavy atom. The highest BCUT2D eigenvalue weighted by Gasteiger charge is 2.16. The Morgan fingerprint density at radius 2 is 1.74 bits per heavy atom. The van der Waals surface area contributed by atoms with Crippen LogP contribution in [0.2, 0.25) is 5.02 Å². The quantitative estimate of drug-likeness (QED) is 0.737. The van der Waals surface area contributed by atoms with Crippen molar-refractivity contribution in [3.8, 4) is 0 Å². The van der Waals surface area contributed by atoms with E-state index < -0.39 is 0 Å². The number of urea groups is 1. The van der Waals surface area contributed by atoms with Crippen molar-refractivity contribution in [2.24, 2.45) is 0 Å². The molecule has 2 aromatic carbocycles. The van der Waals surface area contributed by atoms with Crippen LogP contribution in [0.5, 0.6) is 0 Å². The standard InChI is InChI=1S/C20H24ClFN4O/c21-18-4-1-2-5-19(18)24-20(27)23-10-3-11-25-12-14-26(15-13-25)17-8-6-16(22)7-9-17/h1-2,4-9H,3,10-15H2,(H2,23,24,27). The predicted octanol–water partition coefficient (Wildman–Crippen LogP) is 3.81. The fourth-order valence-corrected chi connectivity index (χ4v) is 3.30. The summed E-state index contributed by atoms with van der Waals surface area (Å²) in [5.41, 5.74) is 1.67. The van der Waals surface area contributed by atoms with E-state index in [1.807, 2.05) is 24.3 Å². The minimum atomic E-state index is -0.246. The summed E-state index contributed by atoms with van der Waals surface area (Å²) in [6.45, 7) is 5.31. The van der Waals surface area contributed by atoms with Gasteiger partial charge in [-0.05, 0) is 49.4 Å². The molecule has 144 valence electrons. The van der Waals surface area contributed by atoms with Gasteiger partial charge in [-0.2, -0.15) is 0 Å². The SMILES string of the molecule is O=C(NCCCN1CCN(c2ccc(F)cc2)CC1)Nc1ccccc1Cl. The van der Waals surface area contributed by atoms with Crippen LogP contribution in [-0.2, 0) is 0 Å². The number of piperazine rings is 1. The van der Waals surface area contributed by atoms with Crippen LogP contribution < -0.4 is 15.5 Å². The number of halogens is 2. The maximum atomic E-state index is 13.0. The molecule has 0 radical (unpaired) electrons. The topological polar surface area (TPSA) is 47.6 Å². The first-order chi connectivity index (χ1) is 13.1. The highest BCUT2D eigenvalue weighted by atomic mass is 35.5. The number of amides is 2. The molecule has 1 heterocycles. The number of para-hydroxylation sites is 1. The van der Waals surface area contributed by atoms with Gasteiger partial charge in [-0.1, -0.05) is 23.7 Å². The maximum Gasteiger partial charge on any atom is 0.319 e. The fraction of sp³-hybridized carbons (Fsp3) is 0.350. The fourth-order valence-electron chi connectivity index (χ4n) is 3.12. The van der Waals surface area contributed by atoms with Gasteiger partial charge in [0.2, 0.25) is 0 Å². The summed E-state index contributed by atoms with van der Waals surface area (Å²) in [6.07, 6.45) is 0.881. The largest absolute Gasteiger partial charge is 0.369 e. The summed E-state index contributed by atoms with van der Waals surface area (Å²) in [6, 6.07) is 13.6. The Balaban J connectivity index is 1.32. The molecule has 2 N–H and O–H groups in total.